The van der Waals surface area contributed by atoms with Crippen LogP contribution in [0.2, 0.25) is 0 Å². The van der Waals surface area contributed by atoms with Crippen molar-refractivity contribution in [3.05, 3.63) is 63.7 Å². The highest BCUT2D eigenvalue weighted by Gasteiger charge is 2.32. The van der Waals surface area contributed by atoms with Gasteiger partial charge in [0.1, 0.15) is 6.17 Å². The van der Waals surface area contributed by atoms with E-state index in [0.717, 1.165) is 6.42 Å². The third-order valence-electron chi connectivity index (χ3n) is 3.98. The zero-order valence-electron chi connectivity index (χ0n) is 13.1. The molecule has 0 aromatic heterocycles. The first kappa shape index (κ1) is 15.8. The fraction of sp³-hybridized carbons (Fsp3) is 0.235. The van der Waals surface area contributed by atoms with Gasteiger partial charge in [0.25, 0.3) is 11.6 Å². The third-order valence-corrected chi connectivity index (χ3v) is 3.98. The van der Waals surface area contributed by atoms with Gasteiger partial charge in [0.15, 0.2) is 0 Å². The number of amides is 1. The summed E-state index contributed by atoms with van der Waals surface area (Å²) in [5.74, 6) is -0.779. The van der Waals surface area contributed by atoms with E-state index in [1.165, 1.54) is 18.2 Å². The van der Waals surface area contributed by atoms with Crippen molar-refractivity contribution in [1.29, 1.82) is 0 Å². The molecule has 1 aliphatic heterocycles. The quantitative estimate of drug-likeness (QED) is 0.688. The number of para-hydroxylation sites is 1. The topological polar surface area (TPSA) is 98.5 Å². The largest absolute Gasteiger partial charge is 0.868 e. The SMILES string of the molecule is CCCN1C(=O)c2ccccc2N[C@@H]1c1ccc([O-])c([N+](=O)[O-])c1. The van der Waals surface area contributed by atoms with Crippen molar-refractivity contribution < 1.29 is 14.8 Å². The lowest BCUT2D eigenvalue weighted by Crippen LogP contribution is -2.43. The van der Waals surface area contributed by atoms with Crippen LogP contribution in [0.4, 0.5) is 11.4 Å². The summed E-state index contributed by atoms with van der Waals surface area (Å²) in [7, 11) is 0. The molecule has 0 saturated carbocycles. The molecule has 1 N–H and O–H groups in total. The number of nitrogens with one attached hydrogen (secondary N) is 1. The lowest BCUT2D eigenvalue weighted by Gasteiger charge is -2.38. The van der Waals surface area contributed by atoms with Crippen LogP contribution in [-0.4, -0.2) is 22.3 Å². The Kier molecular flexibility index (Phi) is 4.07. The zero-order valence-corrected chi connectivity index (χ0v) is 13.1. The van der Waals surface area contributed by atoms with Crippen LogP contribution in [0.1, 0.15) is 35.4 Å². The number of hydrogen-bond donors (Lipinski definition) is 1. The summed E-state index contributed by atoms with van der Waals surface area (Å²) in [4.78, 5) is 24.7. The summed E-state index contributed by atoms with van der Waals surface area (Å²) >= 11 is 0. The molecule has 1 heterocycles. The second-order valence-electron chi connectivity index (χ2n) is 5.58. The Labute approximate surface area is 138 Å². The number of benzene rings is 2. The predicted octanol–water partition coefficient (Wildman–Crippen LogP) is 2.64. The third kappa shape index (κ3) is 2.64. The van der Waals surface area contributed by atoms with E-state index in [2.05, 4.69) is 5.32 Å². The van der Waals surface area contributed by atoms with Crippen molar-refractivity contribution in [3.8, 4) is 5.75 Å². The van der Waals surface area contributed by atoms with E-state index in [1.807, 2.05) is 13.0 Å². The molecule has 0 unspecified atom stereocenters. The normalized spacial score (nSPS) is 16.5. The van der Waals surface area contributed by atoms with Crippen molar-refractivity contribution in [2.24, 2.45) is 0 Å². The minimum Gasteiger partial charge on any atom is -0.868 e. The number of rotatable bonds is 4. The maximum absolute atomic E-state index is 12.8. The first-order chi connectivity index (χ1) is 11.5. The molecule has 0 fully saturated rings. The van der Waals surface area contributed by atoms with Crippen molar-refractivity contribution in [3.63, 3.8) is 0 Å². The number of carbonyl (C=O) groups excluding carboxylic acids is 1. The minimum atomic E-state index is -0.700. The fourth-order valence-electron chi connectivity index (χ4n) is 2.87. The highest BCUT2D eigenvalue weighted by atomic mass is 16.6. The van der Waals surface area contributed by atoms with Crippen LogP contribution in [-0.2, 0) is 0 Å². The summed E-state index contributed by atoms with van der Waals surface area (Å²) in [5, 5.41) is 25.9. The number of fused-ring (bicyclic) bond motifs is 1. The number of nitrogens with zero attached hydrogens (tertiary/aromatic N) is 2. The van der Waals surface area contributed by atoms with E-state index in [-0.39, 0.29) is 5.91 Å². The van der Waals surface area contributed by atoms with E-state index in [1.54, 1.807) is 23.1 Å². The molecular formula is C17H16N3O4-. The van der Waals surface area contributed by atoms with Crippen LogP contribution in [0.25, 0.3) is 0 Å². The lowest BCUT2D eigenvalue weighted by molar-refractivity contribution is -0.398. The molecule has 1 aliphatic rings. The smallest absolute Gasteiger partial charge is 0.262 e. The first-order valence-corrected chi connectivity index (χ1v) is 7.64. The van der Waals surface area contributed by atoms with Crippen LogP contribution in [0, 0.1) is 10.1 Å². The Morgan fingerprint density at radius 1 is 1.25 bits per heavy atom. The first-order valence-electron chi connectivity index (χ1n) is 7.64. The van der Waals surface area contributed by atoms with Crippen molar-refractivity contribution in [1.82, 2.24) is 4.90 Å². The Morgan fingerprint density at radius 3 is 2.71 bits per heavy atom. The van der Waals surface area contributed by atoms with E-state index >= 15 is 0 Å². The molecule has 0 saturated heterocycles. The summed E-state index contributed by atoms with van der Waals surface area (Å²) in [6, 6.07) is 11.1. The minimum absolute atomic E-state index is 0.134. The molecule has 124 valence electrons. The summed E-state index contributed by atoms with van der Waals surface area (Å²) in [6.07, 6.45) is 0.194. The number of carbonyl (C=O) groups is 1. The predicted molar refractivity (Wildman–Crippen MR) is 86.7 cm³/mol. The zero-order chi connectivity index (χ0) is 17.3. The summed E-state index contributed by atoms with van der Waals surface area (Å²) in [5.41, 5.74) is 1.26. The van der Waals surface area contributed by atoms with Gasteiger partial charge in [-0.15, -0.1) is 0 Å². The molecule has 0 spiro atoms. The summed E-state index contributed by atoms with van der Waals surface area (Å²) < 4.78 is 0. The molecule has 7 nitrogen and oxygen atoms in total. The monoisotopic (exact) mass is 326 g/mol. The summed E-state index contributed by atoms with van der Waals surface area (Å²) in [6.45, 7) is 2.45. The van der Waals surface area contributed by atoms with E-state index in [0.29, 0.717) is 23.4 Å². The Hall–Kier alpha value is -3.09. The molecule has 7 heteroatoms. The van der Waals surface area contributed by atoms with Gasteiger partial charge in [-0.05, 0) is 24.3 Å². The van der Waals surface area contributed by atoms with Crippen LogP contribution in [0.5, 0.6) is 5.75 Å². The Bertz CT molecular complexity index is 806. The highest BCUT2D eigenvalue weighted by molar-refractivity contribution is 6.01. The maximum Gasteiger partial charge on any atom is 0.262 e. The molecule has 1 atom stereocenters. The van der Waals surface area contributed by atoms with Gasteiger partial charge in [-0.3, -0.25) is 14.9 Å². The average molecular weight is 326 g/mol. The van der Waals surface area contributed by atoms with Crippen molar-refractivity contribution >= 4 is 17.3 Å². The van der Waals surface area contributed by atoms with Gasteiger partial charge >= 0.3 is 0 Å². The second-order valence-corrected chi connectivity index (χ2v) is 5.58. The van der Waals surface area contributed by atoms with E-state index in [9.17, 15) is 20.0 Å². The van der Waals surface area contributed by atoms with Crippen LogP contribution in [0.3, 0.4) is 0 Å². The maximum atomic E-state index is 12.8. The van der Waals surface area contributed by atoms with Gasteiger partial charge in [0.05, 0.1) is 10.5 Å². The average Bonchev–Trinajstić information content (AvgIpc) is 2.57. The molecule has 24 heavy (non-hydrogen) atoms. The molecular weight excluding hydrogens is 310 g/mol. The second kappa shape index (κ2) is 6.19. The molecule has 2 aromatic carbocycles. The van der Waals surface area contributed by atoms with Crippen LogP contribution in [0.15, 0.2) is 42.5 Å². The molecule has 0 aliphatic carbocycles. The molecule has 3 rings (SSSR count). The lowest BCUT2D eigenvalue weighted by atomic mass is 10.0. The fourth-order valence-corrected chi connectivity index (χ4v) is 2.87. The molecule has 0 radical (unpaired) electrons. The number of nitro benzene ring substituents is 1. The van der Waals surface area contributed by atoms with E-state index in [4.69, 9.17) is 0 Å². The van der Waals surface area contributed by atoms with Gasteiger partial charge < -0.3 is 15.3 Å². The van der Waals surface area contributed by atoms with Crippen molar-refractivity contribution in [2.45, 2.75) is 19.5 Å². The number of hydrogen-bond acceptors (Lipinski definition) is 5. The van der Waals surface area contributed by atoms with Gasteiger partial charge in [-0.2, -0.15) is 0 Å². The molecule has 2 aromatic rings. The van der Waals surface area contributed by atoms with Gasteiger partial charge in [-0.25, -0.2) is 0 Å². The van der Waals surface area contributed by atoms with Gasteiger partial charge in [0, 0.05) is 23.9 Å². The van der Waals surface area contributed by atoms with Crippen LogP contribution >= 0.6 is 0 Å². The van der Waals surface area contributed by atoms with Gasteiger partial charge in [0.2, 0.25) is 0 Å². The van der Waals surface area contributed by atoms with Gasteiger partial charge in [-0.1, -0.05) is 31.2 Å². The molecule has 1 amide bonds. The highest BCUT2D eigenvalue weighted by Crippen LogP contribution is 2.35. The van der Waals surface area contributed by atoms with Crippen LogP contribution < -0.4 is 10.4 Å². The number of anilines is 1. The van der Waals surface area contributed by atoms with E-state index < -0.39 is 22.5 Å². The Balaban J connectivity index is 2.07. The Morgan fingerprint density at radius 2 is 2.00 bits per heavy atom. The van der Waals surface area contributed by atoms with Crippen molar-refractivity contribution in [2.75, 3.05) is 11.9 Å². The standard InChI is InChI=1S/C17H17N3O4/c1-2-9-19-16(11-7-8-15(21)14(10-11)20(23)24)18-13-6-4-3-5-12(13)17(19)22/h3-8,10,16,18,21H,2,9H2,1H3/p-1/t16-/m0/s1. The number of nitro groups is 1. The molecule has 0 bridgehead atoms.